The van der Waals surface area contributed by atoms with Crippen molar-refractivity contribution in [3.63, 3.8) is 0 Å². The molecule has 0 saturated heterocycles. The summed E-state index contributed by atoms with van der Waals surface area (Å²) in [4.78, 5) is 0. The highest BCUT2D eigenvalue weighted by molar-refractivity contribution is 7.99. The Kier molecular flexibility index (Phi) is 4.86. The predicted octanol–water partition coefficient (Wildman–Crippen LogP) is 4.60. The summed E-state index contributed by atoms with van der Waals surface area (Å²) >= 11 is 1.13. The van der Waals surface area contributed by atoms with Crippen LogP contribution in [0, 0.1) is 5.82 Å². The van der Waals surface area contributed by atoms with E-state index in [2.05, 4.69) is 25.5 Å². The Hall–Kier alpha value is -3.73. The molecule has 0 N–H and O–H groups in total. The molecule has 7 nitrogen and oxygen atoms in total. The predicted molar refractivity (Wildman–Crippen MR) is 107 cm³/mol. The molecule has 0 radical (unpaired) electrons. The first-order valence-corrected chi connectivity index (χ1v) is 9.87. The zero-order valence-electron chi connectivity index (χ0n) is 15.6. The highest BCUT2D eigenvalue weighted by Gasteiger charge is 2.20. The maximum Gasteiger partial charge on any atom is 0.299 e. The Balaban J connectivity index is 1.61. The van der Waals surface area contributed by atoms with Gasteiger partial charge in [0, 0.05) is 11.3 Å². The van der Waals surface area contributed by atoms with Crippen molar-refractivity contribution in [2.45, 2.75) is 16.6 Å². The van der Waals surface area contributed by atoms with Crippen LogP contribution in [0.2, 0.25) is 0 Å². The molecule has 11 heteroatoms. The number of nitrogens with zero attached hydrogens (tertiary/aromatic N) is 7. The number of benzene rings is 2. The van der Waals surface area contributed by atoms with Crippen LogP contribution in [0.25, 0.3) is 22.7 Å². The van der Waals surface area contributed by atoms with E-state index in [-0.39, 0.29) is 11.5 Å². The molecule has 0 unspecified atom stereocenters. The van der Waals surface area contributed by atoms with Gasteiger partial charge in [-0.3, -0.25) is 4.57 Å². The fourth-order valence-corrected chi connectivity index (χ4v) is 3.82. The third-order valence-corrected chi connectivity index (χ3v) is 5.28. The number of fused-ring (bicyclic) bond motifs is 1. The first kappa shape index (κ1) is 19.2. The van der Waals surface area contributed by atoms with Crippen molar-refractivity contribution in [2.24, 2.45) is 0 Å². The number of halogens is 3. The third kappa shape index (κ3) is 3.63. The fraction of sp³-hybridized carbons (Fsp3) is 0.0500. The summed E-state index contributed by atoms with van der Waals surface area (Å²) in [6.07, 6.45) is -2.81. The van der Waals surface area contributed by atoms with Gasteiger partial charge >= 0.3 is 0 Å². The normalized spacial score (nSPS) is 11.5. The Morgan fingerprint density at radius 3 is 2.32 bits per heavy atom. The van der Waals surface area contributed by atoms with Crippen molar-refractivity contribution in [3.05, 3.63) is 78.4 Å². The van der Waals surface area contributed by atoms with Crippen LogP contribution >= 0.6 is 11.8 Å². The maximum atomic E-state index is 13.5. The van der Waals surface area contributed by atoms with Gasteiger partial charge in [0.15, 0.2) is 11.5 Å². The molecular formula is C20H12F3N7S. The van der Waals surface area contributed by atoms with Crippen LogP contribution in [0.4, 0.5) is 13.2 Å². The summed E-state index contributed by atoms with van der Waals surface area (Å²) in [7, 11) is 0. The lowest BCUT2D eigenvalue weighted by Crippen LogP contribution is -2.02. The van der Waals surface area contributed by atoms with Crippen LogP contribution in [-0.4, -0.2) is 34.6 Å². The van der Waals surface area contributed by atoms with Crippen molar-refractivity contribution >= 4 is 17.4 Å². The van der Waals surface area contributed by atoms with Gasteiger partial charge in [-0.1, -0.05) is 30.3 Å². The number of hydrogen-bond donors (Lipinski definition) is 0. The molecule has 0 fully saturated rings. The molecule has 2 aromatic carbocycles. The van der Waals surface area contributed by atoms with E-state index in [9.17, 15) is 13.2 Å². The fourth-order valence-electron chi connectivity index (χ4n) is 3.01. The maximum absolute atomic E-state index is 13.5. The Bertz CT molecular complexity index is 1350. The molecule has 5 aromatic rings. The summed E-state index contributed by atoms with van der Waals surface area (Å²) in [5.74, 6) is -0.359. The largest absolute Gasteiger partial charge is 0.299 e. The zero-order chi connectivity index (χ0) is 21.4. The van der Waals surface area contributed by atoms with E-state index in [1.165, 1.54) is 12.1 Å². The third-order valence-electron chi connectivity index (χ3n) is 4.40. The molecule has 0 amide bonds. The topological polar surface area (TPSA) is 73.8 Å². The van der Waals surface area contributed by atoms with E-state index in [1.54, 1.807) is 28.8 Å². The summed E-state index contributed by atoms with van der Waals surface area (Å²) in [6.45, 7) is 0. The van der Waals surface area contributed by atoms with E-state index in [0.29, 0.717) is 21.7 Å². The molecule has 0 aliphatic carbocycles. The molecule has 0 spiro atoms. The van der Waals surface area contributed by atoms with Crippen LogP contribution in [0.1, 0.15) is 12.2 Å². The van der Waals surface area contributed by atoms with Gasteiger partial charge < -0.3 is 0 Å². The number of hydrogen-bond acceptors (Lipinski definition) is 6. The van der Waals surface area contributed by atoms with E-state index >= 15 is 0 Å². The van der Waals surface area contributed by atoms with E-state index in [0.717, 1.165) is 21.8 Å². The first-order valence-electron chi connectivity index (χ1n) is 9.05. The zero-order valence-corrected chi connectivity index (χ0v) is 16.4. The molecule has 3 heterocycles. The molecule has 154 valence electrons. The number of aromatic nitrogens is 7. The van der Waals surface area contributed by atoms with Crippen LogP contribution in [0.5, 0.6) is 0 Å². The summed E-state index contributed by atoms with van der Waals surface area (Å²) < 4.78 is 42.6. The van der Waals surface area contributed by atoms with Gasteiger partial charge in [0.05, 0.1) is 0 Å². The van der Waals surface area contributed by atoms with Crippen molar-refractivity contribution in [2.75, 3.05) is 0 Å². The van der Waals surface area contributed by atoms with E-state index in [1.807, 2.05) is 30.3 Å². The van der Waals surface area contributed by atoms with Gasteiger partial charge in [-0.05, 0) is 48.2 Å². The van der Waals surface area contributed by atoms with Crippen molar-refractivity contribution < 1.29 is 13.2 Å². The minimum Gasteiger partial charge on any atom is -0.270 e. The number of rotatable bonds is 5. The minimum absolute atomic E-state index is 0.213. The molecule has 0 bridgehead atoms. The minimum atomic E-state index is -2.81. The van der Waals surface area contributed by atoms with Crippen molar-refractivity contribution in [3.8, 4) is 17.1 Å². The average Bonchev–Trinajstić information content (AvgIpc) is 3.39. The SMILES string of the molecule is Fc1ccc(-n2c(Sc3ccc4nnc(C(F)F)n4n3)nnc2-c2ccccc2)cc1. The molecule has 3 aromatic heterocycles. The Labute approximate surface area is 177 Å². The monoisotopic (exact) mass is 439 g/mol. The molecule has 0 aliphatic rings. The van der Waals surface area contributed by atoms with Gasteiger partial charge in [-0.15, -0.1) is 20.4 Å². The Morgan fingerprint density at radius 1 is 0.806 bits per heavy atom. The molecule has 0 aliphatic heterocycles. The molecule has 0 saturated carbocycles. The standard InChI is InChI=1S/C20H12F3N7S/c21-13-6-8-14(9-7-13)29-18(12-4-2-1-3-5-12)25-27-20(29)31-16-11-10-15-24-26-19(17(22)23)30(15)28-16/h1-11,17H. The summed E-state index contributed by atoms with van der Waals surface area (Å²) in [5.41, 5.74) is 1.67. The highest BCUT2D eigenvalue weighted by atomic mass is 32.2. The van der Waals surface area contributed by atoms with Crippen molar-refractivity contribution in [1.29, 1.82) is 0 Å². The molecule has 5 rings (SSSR count). The van der Waals surface area contributed by atoms with Crippen LogP contribution in [0.3, 0.4) is 0 Å². The van der Waals surface area contributed by atoms with Gasteiger partial charge in [0.1, 0.15) is 10.8 Å². The number of alkyl halides is 2. The highest BCUT2D eigenvalue weighted by Crippen LogP contribution is 2.31. The lowest BCUT2D eigenvalue weighted by molar-refractivity contribution is 0.137. The van der Waals surface area contributed by atoms with Gasteiger partial charge in [-0.25, -0.2) is 13.2 Å². The van der Waals surface area contributed by atoms with Crippen molar-refractivity contribution in [1.82, 2.24) is 34.6 Å². The van der Waals surface area contributed by atoms with E-state index in [4.69, 9.17) is 0 Å². The average molecular weight is 439 g/mol. The van der Waals surface area contributed by atoms with Crippen LogP contribution in [0.15, 0.2) is 76.9 Å². The van der Waals surface area contributed by atoms with Crippen LogP contribution in [-0.2, 0) is 0 Å². The Morgan fingerprint density at radius 2 is 1.58 bits per heavy atom. The second kappa shape index (κ2) is 7.84. The second-order valence-electron chi connectivity index (χ2n) is 6.39. The molecule has 31 heavy (non-hydrogen) atoms. The van der Waals surface area contributed by atoms with E-state index < -0.39 is 12.2 Å². The molecule has 0 atom stereocenters. The smallest absolute Gasteiger partial charge is 0.270 e. The van der Waals surface area contributed by atoms with Gasteiger partial charge in [0.2, 0.25) is 11.0 Å². The summed E-state index contributed by atoms with van der Waals surface area (Å²) in [6, 6.07) is 18.5. The van der Waals surface area contributed by atoms with Gasteiger partial charge in [0.25, 0.3) is 6.43 Å². The lowest BCUT2D eigenvalue weighted by Gasteiger charge is -2.10. The van der Waals surface area contributed by atoms with Crippen LogP contribution < -0.4 is 0 Å². The lowest BCUT2D eigenvalue weighted by atomic mass is 10.2. The molecular weight excluding hydrogens is 427 g/mol. The first-order chi connectivity index (χ1) is 15.1. The quantitative estimate of drug-likeness (QED) is 0.399. The van der Waals surface area contributed by atoms with Gasteiger partial charge in [-0.2, -0.15) is 9.61 Å². The second-order valence-corrected chi connectivity index (χ2v) is 7.37. The summed E-state index contributed by atoms with van der Waals surface area (Å²) in [5, 5.41) is 20.8.